The van der Waals surface area contributed by atoms with Crippen LogP contribution in [0.2, 0.25) is 0 Å². The van der Waals surface area contributed by atoms with Gasteiger partial charge in [0.25, 0.3) is 0 Å². The number of likely N-dealkylation sites (tertiary alicyclic amines) is 1. The number of allylic oxidation sites excluding steroid dienone is 5. The van der Waals surface area contributed by atoms with Gasteiger partial charge in [-0.05, 0) is 63.8 Å². The summed E-state index contributed by atoms with van der Waals surface area (Å²) in [5.41, 5.74) is 11.8. The number of aryl methyl sites for hydroxylation is 1. The smallest absolute Gasteiger partial charge is 0.405 e. The molecule has 198 valence electrons. The SMILES string of the molecule is CC(C)(C)OC(N)=O.NC1C[C@@H](CNC2=CC=CC=C(F)C2)N(C(=O)CCCc2ccccc2F)C1. The lowest BCUT2D eigenvalue weighted by molar-refractivity contribution is -0.132. The number of carbonyl (C=O) groups excluding carboxylic acids is 2. The summed E-state index contributed by atoms with van der Waals surface area (Å²) >= 11 is 0. The van der Waals surface area contributed by atoms with Crippen LogP contribution >= 0.6 is 0 Å². The highest BCUT2D eigenvalue weighted by Gasteiger charge is 2.33. The van der Waals surface area contributed by atoms with E-state index < -0.39 is 11.7 Å². The summed E-state index contributed by atoms with van der Waals surface area (Å²) in [7, 11) is 0. The van der Waals surface area contributed by atoms with Crippen LogP contribution in [-0.2, 0) is 16.0 Å². The molecular formula is C27H38F2N4O3. The van der Waals surface area contributed by atoms with E-state index in [4.69, 9.17) is 11.5 Å². The molecule has 2 aliphatic rings. The van der Waals surface area contributed by atoms with Crippen LogP contribution in [0.1, 0.15) is 52.0 Å². The van der Waals surface area contributed by atoms with Crippen LogP contribution in [-0.4, -0.2) is 47.7 Å². The van der Waals surface area contributed by atoms with Gasteiger partial charge >= 0.3 is 6.09 Å². The van der Waals surface area contributed by atoms with Crippen molar-refractivity contribution in [3.8, 4) is 0 Å². The maximum Gasteiger partial charge on any atom is 0.405 e. The molecule has 0 saturated carbocycles. The predicted molar refractivity (Wildman–Crippen MR) is 137 cm³/mol. The molecule has 0 radical (unpaired) electrons. The normalized spacial score (nSPS) is 19.4. The summed E-state index contributed by atoms with van der Waals surface area (Å²) < 4.78 is 31.9. The van der Waals surface area contributed by atoms with Crippen molar-refractivity contribution in [1.29, 1.82) is 0 Å². The van der Waals surface area contributed by atoms with Gasteiger partial charge in [-0.15, -0.1) is 0 Å². The highest BCUT2D eigenvalue weighted by Crippen LogP contribution is 2.20. The van der Waals surface area contributed by atoms with Gasteiger partial charge in [-0.1, -0.05) is 30.4 Å². The number of nitrogens with one attached hydrogen (secondary N) is 1. The van der Waals surface area contributed by atoms with Crippen LogP contribution in [0.3, 0.4) is 0 Å². The van der Waals surface area contributed by atoms with E-state index in [1.54, 1.807) is 51.1 Å². The number of primary amides is 1. The topological polar surface area (TPSA) is 111 Å². The number of ether oxygens (including phenoxy) is 1. The zero-order chi connectivity index (χ0) is 26.7. The molecular weight excluding hydrogens is 466 g/mol. The monoisotopic (exact) mass is 504 g/mol. The first-order chi connectivity index (χ1) is 16.9. The molecule has 1 unspecified atom stereocenters. The van der Waals surface area contributed by atoms with Crippen LogP contribution in [0.5, 0.6) is 0 Å². The summed E-state index contributed by atoms with van der Waals surface area (Å²) in [4.78, 5) is 24.5. The third-order valence-corrected chi connectivity index (χ3v) is 5.58. The molecule has 0 bridgehead atoms. The average Bonchev–Trinajstić information content (AvgIpc) is 3.02. The maximum atomic E-state index is 13.7. The van der Waals surface area contributed by atoms with Crippen LogP contribution in [0, 0.1) is 5.82 Å². The summed E-state index contributed by atoms with van der Waals surface area (Å²) in [5, 5.41) is 3.26. The van der Waals surface area contributed by atoms with Crippen LogP contribution in [0.15, 0.2) is 60.1 Å². The summed E-state index contributed by atoms with van der Waals surface area (Å²) in [6.07, 6.45) is 8.46. The van der Waals surface area contributed by atoms with Gasteiger partial charge in [-0.25, -0.2) is 13.6 Å². The van der Waals surface area contributed by atoms with E-state index in [0.29, 0.717) is 44.3 Å². The zero-order valence-electron chi connectivity index (χ0n) is 21.3. The van der Waals surface area contributed by atoms with Crippen molar-refractivity contribution in [3.05, 3.63) is 71.5 Å². The number of hydrogen-bond donors (Lipinski definition) is 3. The number of amides is 2. The van der Waals surface area contributed by atoms with Gasteiger partial charge in [0.15, 0.2) is 0 Å². The standard InChI is InChI=1S/C22H27F2N3O.C5H11NO2/c23-17-8-2-3-9-19(12-17)26-14-20-13-18(25)15-27(20)22(28)11-5-7-16-6-1-4-10-21(16)24;1-5(2,3)8-4(6)7/h1-4,6,8-10,18,20,26H,5,7,11-15,25H2;1-3H3,(H2,6,7)/t18?,20-;/m0./s1. The van der Waals surface area contributed by atoms with Gasteiger partial charge in [-0.3, -0.25) is 4.79 Å². The van der Waals surface area contributed by atoms with Crippen molar-refractivity contribution in [1.82, 2.24) is 10.2 Å². The Balaban J connectivity index is 0.000000493. The number of rotatable bonds is 7. The van der Waals surface area contributed by atoms with Crippen molar-refractivity contribution in [2.45, 2.75) is 70.6 Å². The molecule has 1 aromatic carbocycles. The molecule has 1 aromatic rings. The molecule has 0 spiro atoms. The molecule has 1 aliphatic carbocycles. The van der Waals surface area contributed by atoms with Gasteiger partial charge in [0, 0.05) is 37.7 Å². The van der Waals surface area contributed by atoms with Gasteiger partial charge in [0.2, 0.25) is 5.91 Å². The van der Waals surface area contributed by atoms with Gasteiger partial charge in [-0.2, -0.15) is 0 Å². The number of hydrogen-bond acceptors (Lipinski definition) is 5. The first-order valence-electron chi connectivity index (χ1n) is 12.2. The molecule has 3 rings (SSSR count). The molecule has 1 heterocycles. The zero-order valence-corrected chi connectivity index (χ0v) is 21.3. The Labute approximate surface area is 212 Å². The quantitative estimate of drug-likeness (QED) is 0.514. The number of halogens is 2. The largest absolute Gasteiger partial charge is 0.444 e. The summed E-state index contributed by atoms with van der Waals surface area (Å²) in [5.74, 6) is -0.388. The second-order valence-corrected chi connectivity index (χ2v) is 9.92. The Hall–Kier alpha value is -3.20. The third kappa shape index (κ3) is 10.6. The molecule has 36 heavy (non-hydrogen) atoms. The van der Waals surface area contributed by atoms with E-state index in [2.05, 4.69) is 10.1 Å². The molecule has 1 saturated heterocycles. The summed E-state index contributed by atoms with van der Waals surface area (Å²) in [6.45, 7) is 6.35. The van der Waals surface area contributed by atoms with E-state index in [0.717, 1.165) is 5.70 Å². The molecule has 7 nitrogen and oxygen atoms in total. The second kappa shape index (κ2) is 13.8. The minimum absolute atomic E-state index is 0.0175. The number of nitrogens with two attached hydrogens (primary N) is 2. The Morgan fingerprint density at radius 3 is 2.50 bits per heavy atom. The van der Waals surface area contributed by atoms with Gasteiger partial charge in [0.05, 0.1) is 6.04 Å². The fraction of sp³-hybridized carbons (Fsp3) is 0.481. The van der Waals surface area contributed by atoms with E-state index >= 15 is 0 Å². The molecule has 2 amide bonds. The minimum atomic E-state index is -0.725. The number of nitrogens with zero attached hydrogens (tertiary/aromatic N) is 1. The molecule has 1 fully saturated rings. The maximum absolute atomic E-state index is 13.7. The lowest BCUT2D eigenvalue weighted by atomic mass is 10.1. The summed E-state index contributed by atoms with van der Waals surface area (Å²) in [6, 6.07) is 6.58. The first kappa shape index (κ1) is 29.0. The van der Waals surface area contributed by atoms with Crippen molar-refractivity contribution in [2.75, 3.05) is 13.1 Å². The molecule has 0 aromatic heterocycles. The molecule has 5 N–H and O–H groups in total. The van der Waals surface area contributed by atoms with E-state index in [9.17, 15) is 18.4 Å². The Morgan fingerprint density at radius 1 is 1.17 bits per heavy atom. The lowest BCUT2D eigenvalue weighted by Gasteiger charge is -2.26. The van der Waals surface area contributed by atoms with Gasteiger partial charge in [0.1, 0.15) is 17.2 Å². The molecule has 1 aliphatic heterocycles. The fourth-order valence-corrected chi connectivity index (χ4v) is 4.03. The van der Waals surface area contributed by atoms with Crippen LogP contribution in [0.25, 0.3) is 0 Å². The lowest BCUT2D eigenvalue weighted by Crippen LogP contribution is -2.41. The van der Waals surface area contributed by atoms with Crippen molar-refractivity contribution in [2.24, 2.45) is 11.5 Å². The highest BCUT2D eigenvalue weighted by molar-refractivity contribution is 5.77. The first-order valence-corrected chi connectivity index (χ1v) is 12.2. The van der Waals surface area contributed by atoms with Crippen LogP contribution in [0.4, 0.5) is 13.6 Å². The number of benzene rings is 1. The third-order valence-electron chi connectivity index (χ3n) is 5.58. The van der Waals surface area contributed by atoms with Crippen molar-refractivity contribution >= 4 is 12.0 Å². The average molecular weight is 505 g/mol. The second-order valence-electron chi connectivity index (χ2n) is 9.92. The highest BCUT2D eigenvalue weighted by atomic mass is 19.1. The Bertz CT molecular complexity index is 985. The van der Waals surface area contributed by atoms with E-state index in [1.807, 2.05) is 11.0 Å². The van der Waals surface area contributed by atoms with Crippen molar-refractivity contribution in [3.63, 3.8) is 0 Å². The Morgan fingerprint density at radius 2 is 1.86 bits per heavy atom. The van der Waals surface area contributed by atoms with Crippen molar-refractivity contribution < 1.29 is 23.1 Å². The minimum Gasteiger partial charge on any atom is -0.444 e. The molecule has 2 atom stereocenters. The van der Waals surface area contributed by atoms with E-state index in [1.165, 1.54) is 12.1 Å². The fourth-order valence-electron chi connectivity index (χ4n) is 4.03. The predicted octanol–water partition coefficient (Wildman–Crippen LogP) is 4.24. The Kier molecular flexibility index (Phi) is 11.1. The van der Waals surface area contributed by atoms with E-state index in [-0.39, 0.29) is 36.1 Å². The number of carbonyl (C=O) groups is 2. The van der Waals surface area contributed by atoms with Crippen LogP contribution < -0.4 is 16.8 Å². The van der Waals surface area contributed by atoms with Gasteiger partial charge < -0.3 is 26.4 Å². The molecule has 9 heteroatoms.